The van der Waals surface area contributed by atoms with Gasteiger partial charge >= 0.3 is 0 Å². The number of nitrogens with one attached hydrogen (secondary N) is 1. The second-order valence-electron chi connectivity index (χ2n) is 5.88. The Morgan fingerprint density at radius 3 is 2.29 bits per heavy atom. The Morgan fingerprint density at radius 2 is 1.71 bits per heavy atom. The van der Waals surface area contributed by atoms with Crippen molar-refractivity contribution in [2.45, 2.75) is 38.8 Å². The third kappa shape index (κ3) is 4.18. The first-order valence-corrected chi connectivity index (χ1v) is 7.32. The maximum atomic E-state index is 9.58. The van der Waals surface area contributed by atoms with Crippen LogP contribution in [-0.2, 0) is 6.42 Å². The summed E-state index contributed by atoms with van der Waals surface area (Å²) in [6.07, 6.45) is 0.695. The minimum Gasteiger partial charge on any atom is -0.293 e. The second kappa shape index (κ2) is 6.56. The van der Waals surface area contributed by atoms with E-state index in [9.17, 15) is 5.26 Å². The second-order valence-corrected chi connectivity index (χ2v) is 5.88. The average molecular weight is 278 g/mol. The smallest absolute Gasteiger partial charge is 0.108 e. The lowest BCUT2D eigenvalue weighted by molar-refractivity contribution is 0.395. The molecule has 2 aromatic rings. The van der Waals surface area contributed by atoms with E-state index in [0.717, 1.165) is 0 Å². The highest BCUT2D eigenvalue weighted by Crippen LogP contribution is 2.20. The Balaban J connectivity index is 2.10. The highest BCUT2D eigenvalue weighted by molar-refractivity contribution is 5.26. The van der Waals surface area contributed by atoms with Crippen LogP contribution in [0, 0.1) is 18.3 Å². The lowest BCUT2D eigenvalue weighted by Gasteiger charge is -2.28. The zero-order chi connectivity index (χ0) is 15.3. The molecule has 0 bridgehead atoms. The molecule has 0 aliphatic rings. The summed E-state index contributed by atoms with van der Waals surface area (Å²) >= 11 is 0. The van der Waals surface area contributed by atoms with Gasteiger partial charge in [0.1, 0.15) is 5.54 Å². The van der Waals surface area contributed by atoms with E-state index in [1.54, 1.807) is 0 Å². The molecule has 2 atom stereocenters. The van der Waals surface area contributed by atoms with Gasteiger partial charge in [0.2, 0.25) is 0 Å². The molecule has 1 unspecified atom stereocenters. The van der Waals surface area contributed by atoms with Gasteiger partial charge in [-0.2, -0.15) is 5.26 Å². The van der Waals surface area contributed by atoms with Crippen molar-refractivity contribution in [1.82, 2.24) is 5.32 Å². The SMILES string of the molecule is Cc1ccc(CC(C)(C#N)N[C@@H](C)c2ccccc2)cc1. The van der Waals surface area contributed by atoms with Gasteiger partial charge in [0, 0.05) is 12.5 Å². The molecule has 2 nitrogen and oxygen atoms in total. The molecule has 0 amide bonds. The van der Waals surface area contributed by atoms with Gasteiger partial charge in [0.25, 0.3) is 0 Å². The van der Waals surface area contributed by atoms with Gasteiger partial charge in [0.15, 0.2) is 0 Å². The number of hydrogen-bond donors (Lipinski definition) is 1. The van der Waals surface area contributed by atoms with Crippen LogP contribution in [0.4, 0.5) is 0 Å². The average Bonchev–Trinajstić information content (AvgIpc) is 2.50. The lowest BCUT2D eigenvalue weighted by Crippen LogP contribution is -2.44. The van der Waals surface area contributed by atoms with Crippen LogP contribution in [0.2, 0.25) is 0 Å². The molecule has 0 fully saturated rings. The van der Waals surface area contributed by atoms with Gasteiger partial charge < -0.3 is 0 Å². The summed E-state index contributed by atoms with van der Waals surface area (Å²) in [4.78, 5) is 0. The fourth-order valence-corrected chi connectivity index (χ4v) is 2.54. The van der Waals surface area contributed by atoms with Crippen molar-refractivity contribution in [1.29, 1.82) is 5.26 Å². The lowest BCUT2D eigenvalue weighted by atomic mass is 9.92. The summed E-state index contributed by atoms with van der Waals surface area (Å²) in [6, 6.07) is 21.2. The maximum absolute atomic E-state index is 9.58. The molecule has 2 aromatic carbocycles. The number of aryl methyl sites for hydroxylation is 1. The molecule has 0 aromatic heterocycles. The molecule has 108 valence electrons. The summed E-state index contributed by atoms with van der Waals surface area (Å²) in [5.41, 5.74) is 3.04. The van der Waals surface area contributed by atoms with Gasteiger partial charge in [-0.1, -0.05) is 60.2 Å². The Labute approximate surface area is 127 Å². The van der Waals surface area contributed by atoms with Crippen LogP contribution >= 0.6 is 0 Å². The van der Waals surface area contributed by atoms with Crippen molar-refractivity contribution in [3.8, 4) is 6.07 Å². The molecule has 2 rings (SSSR count). The van der Waals surface area contributed by atoms with Crippen molar-refractivity contribution >= 4 is 0 Å². The Morgan fingerprint density at radius 1 is 1.10 bits per heavy atom. The van der Waals surface area contributed by atoms with Crippen molar-refractivity contribution < 1.29 is 0 Å². The first kappa shape index (κ1) is 15.3. The third-order valence-corrected chi connectivity index (χ3v) is 3.76. The quantitative estimate of drug-likeness (QED) is 0.891. The van der Waals surface area contributed by atoms with E-state index >= 15 is 0 Å². The molecule has 0 saturated carbocycles. The summed E-state index contributed by atoms with van der Waals surface area (Å²) in [6.45, 7) is 6.13. The van der Waals surface area contributed by atoms with Crippen LogP contribution in [0.3, 0.4) is 0 Å². The van der Waals surface area contributed by atoms with Crippen LogP contribution in [0.1, 0.15) is 36.6 Å². The van der Waals surface area contributed by atoms with E-state index in [2.05, 4.69) is 61.6 Å². The molecular formula is C19H22N2. The zero-order valence-corrected chi connectivity index (χ0v) is 12.9. The molecule has 0 radical (unpaired) electrons. The Bertz CT molecular complexity index is 610. The van der Waals surface area contributed by atoms with Crippen molar-refractivity contribution in [2.75, 3.05) is 0 Å². The fourth-order valence-electron chi connectivity index (χ4n) is 2.54. The van der Waals surface area contributed by atoms with Gasteiger partial charge in [-0.3, -0.25) is 5.32 Å². The summed E-state index contributed by atoms with van der Waals surface area (Å²) in [5, 5.41) is 13.0. The number of rotatable bonds is 5. The first-order chi connectivity index (χ1) is 10.0. The van der Waals surface area contributed by atoms with Gasteiger partial charge in [-0.05, 0) is 31.9 Å². The highest BCUT2D eigenvalue weighted by atomic mass is 15.0. The molecule has 21 heavy (non-hydrogen) atoms. The predicted octanol–water partition coefficient (Wildman–Crippen LogP) is 4.17. The molecule has 0 heterocycles. The minimum absolute atomic E-state index is 0.140. The Hall–Kier alpha value is -2.11. The van der Waals surface area contributed by atoms with Gasteiger partial charge in [-0.15, -0.1) is 0 Å². The molecule has 2 heteroatoms. The standard InChI is InChI=1S/C19H22N2/c1-15-9-11-17(12-10-15)13-19(3,14-20)21-16(2)18-7-5-4-6-8-18/h4-12,16,21H,13H2,1-3H3/t16-,19?/m0/s1. The summed E-state index contributed by atoms with van der Waals surface area (Å²) in [7, 11) is 0. The molecule has 1 N–H and O–H groups in total. The zero-order valence-electron chi connectivity index (χ0n) is 12.9. The maximum Gasteiger partial charge on any atom is 0.108 e. The normalized spacial score (nSPS) is 15.0. The molecule has 0 spiro atoms. The minimum atomic E-state index is -0.579. The number of benzene rings is 2. The van der Waals surface area contributed by atoms with Crippen LogP contribution < -0.4 is 5.32 Å². The fraction of sp³-hybridized carbons (Fsp3) is 0.316. The molecule has 0 aliphatic carbocycles. The topological polar surface area (TPSA) is 35.8 Å². The third-order valence-electron chi connectivity index (χ3n) is 3.76. The molecular weight excluding hydrogens is 256 g/mol. The molecule has 0 aliphatic heterocycles. The largest absolute Gasteiger partial charge is 0.293 e. The number of hydrogen-bond acceptors (Lipinski definition) is 2. The van der Waals surface area contributed by atoms with Crippen molar-refractivity contribution in [3.63, 3.8) is 0 Å². The highest BCUT2D eigenvalue weighted by Gasteiger charge is 2.26. The number of nitrogens with zero attached hydrogens (tertiary/aromatic N) is 1. The van der Waals surface area contributed by atoms with Gasteiger partial charge in [0.05, 0.1) is 6.07 Å². The monoisotopic (exact) mass is 278 g/mol. The van der Waals surface area contributed by atoms with E-state index in [0.29, 0.717) is 6.42 Å². The first-order valence-electron chi connectivity index (χ1n) is 7.32. The van der Waals surface area contributed by atoms with E-state index in [1.165, 1.54) is 16.7 Å². The van der Waals surface area contributed by atoms with E-state index in [-0.39, 0.29) is 6.04 Å². The van der Waals surface area contributed by atoms with Gasteiger partial charge in [-0.25, -0.2) is 0 Å². The van der Waals surface area contributed by atoms with E-state index in [1.807, 2.05) is 25.1 Å². The summed E-state index contributed by atoms with van der Waals surface area (Å²) in [5.74, 6) is 0. The summed E-state index contributed by atoms with van der Waals surface area (Å²) < 4.78 is 0. The van der Waals surface area contributed by atoms with E-state index in [4.69, 9.17) is 0 Å². The number of nitriles is 1. The van der Waals surface area contributed by atoms with Crippen LogP contribution in [0.25, 0.3) is 0 Å². The van der Waals surface area contributed by atoms with Crippen LogP contribution in [-0.4, -0.2) is 5.54 Å². The van der Waals surface area contributed by atoms with Crippen LogP contribution in [0.5, 0.6) is 0 Å². The Kier molecular flexibility index (Phi) is 4.77. The van der Waals surface area contributed by atoms with Crippen molar-refractivity contribution in [3.05, 3.63) is 71.3 Å². The molecule has 0 saturated heterocycles. The van der Waals surface area contributed by atoms with E-state index < -0.39 is 5.54 Å². The van der Waals surface area contributed by atoms with Crippen molar-refractivity contribution in [2.24, 2.45) is 0 Å². The predicted molar refractivity (Wildman–Crippen MR) is 86.9 cm³/mol. The van der Waals surface area contributed by atoms with Crippen LogP contribution in [0.15, 0.2) is 54.6 Å².